The van der Waals surface area contributed by atoms with E-state index in [2.05, 4.69) is 96.1 Å². The third-order valence-electron chi connectivity index (χ3n) is 10.1. The SMILES string of the molecule is COC(=O)[C@@]12C[C@H](O[Si](C)(C)C(C)(C)C)[C@H]3CN(C(=O)c4cc(Br)c(Br)n4COCC[Si](C)(C)C)[C@]4(C(=O)NC(=S)N4N1)[C@H]32. The Bertz CT molecular complexity index is 1410. The number of aromatic nitrogens is 1. The predicted molar refractivity (Wildman–Crippen MR) is 182 cm³/mol. The molecule has 16 heteroatoms. The molecule has 5 atom stereocenters. The standard InChI is InChI=1S/C28H43Br2N5O6SSi2/c1-26(2,3)44(8,9)41-19-13-27(24(38)39-4)20-16(19)14-34(28(20)23(37)31-25(42)35(28)32-27)22(36)18-12-17(29)21(30)33(18)15-40-10-11-43(5,6)7/h12,16,19-20,32H,10-11,13-15H2,1-9H3,(H,31,37,42)/t16-,19+,20-,27+,28-/m1/s1. The van der Waals surface area contributed by atoms with Crippen LogP contribution in [0.25, 0.3) is 0 Å². The van der Waals surface area contributed by atoms with E-state index in [1.54, 1.807) is 15.5 Å². The largest absolute Gasteiger partial charge is 0.468 e. The van der Waals surface area contributed by atoms with Crippen molar-refractivity contribution in [2.75, 3.05) is 20.3 Å². The summed E-state index contributed by atoms with van der Waals surface area (Å²) in [5.74, 6) is -2.32. The molecule has 3 aliphatic heterocycles. The molecule has 4 aliphatic rings. The first-order valence-corrected chi connectivity index (χ1v) is 23.5. The molecular weight excluding hydrogens is 750 g/mol. The van der Waals surface area contributed by atoms with Gasteiger partial charge in [-0.25, -0.2) is 15.2 Å². The quantitative estimate of drug-likeness (QED) is 0.160. The molecule has 3 saturated heterocycles. The van der Waals surface area contributed by atoms with Crippen LogP contribution < -0.4 is 10.7 Å². The molecule has 244 valence electrons. The van der Waals surface area contributed by atoms with Crippen LogP contribution in [0.15, 0.2) is 15.1 Å². The van der Waals surface area contributed by atoms with Crippen molar-refractivity contribution in [2.24, 2.45) is 11.8 Å². The summed E-state index contributed by atoms with van der Waals surface area (Å²) >= 11 is 12.8. The lowest BCUT2D eigenvalue weighted by molar-refractivity contribution is -0.150. The lowest BCUT2D eigenvalue weighted by atomic mass is 9.78. The number of halogens is 2. The zero-order chi connectivity index (χ0) is 32.8. The summed E-state index contributed by atoms with van der Waals surface area (Å²) in [5.41, 5.74) is 0.754. The number of rotatable bonds is 9. The summed E-state index contributed by atoms with van der Waals surface area (Å²) in [7, 11) is -2.29. The van der Waals surface area contributed by atoms with Crippen LogP contribution in [-0.2, 0) is 30.2 Å². The van der Waals surface area contributed by atoms with Crippen LogP contribution >= 0.6 is 44.1 Å². The summed E-state index contributed by atoms with van der Waals surface area (Å²) in [6, 6.07) is 2.71. The molecule has 0 aromatic carbocycles. The summed E-state index contributed by atoms with van der Waals surface area (Å²) in [6.07, 6.45) is -0.0859. The zero-order valence-electron chi connectivity index (χ0n) is 26.8. The van der Waals surface area contributed by atoms with Crippen molar-refractivity contribution in [3.63, 3.8) is 0 Å². The van der Waals surface area contributed by atoms with Gasteiger partial charge in [-0.05, 0) is 74.3 Å². The van der Waals surface area contributed by atoms with Gasteiger partial charge in [0.05, 0.1) is 17.7 Å². The maximum absolute atomic E-state index is 14.7. The number of hydrogen-bond donors (Lipinski definition) is 2. The highest BCUT2D eigenvalue weighted by Crippen LogP contribution is 2.62. The Morgan fingerprint density at radius 1 is 1.18 bits per heavy atom. The first-order valence-electron chi connectivity index (χ1n) is 14.9. The number of nitrogens with zero attached hydrogens (tertiary/aromatic N) is 3. The van der Waals surface area contributed by atoms with Crippen LogP contribution in [0.3, 0.4) is 0 Å². The number of nitrogens with one attached hydrogen (secondary N) is 2. The normalized spacial score (nSPS) is 29.8. The molecule has 1 aliphatic carbocycles. The maximum atomic E-state index is 14.7. The van der Waals surface area contributed by atoms with E-state index in [1.165, 1.54) is 12.1 Å². The monoisotopic (exact) mass is 791 g/mol. The molecule has 1 aromatic heterocycles. The molecule has 5 rings (SSSR count). The Labute approximate surface area is 283 Å². The van der Waals surface area contributed by atoms with Crippen molar-refractivity contribution in [1.29, 1.82) is 0 Å². The van der Waals surface area contributed by atoms with Crippen LogP contribution in [0.2, 0.25) is 43.8 Å². The molecule has 1 saturated carbocycles. The Kier molecular flexibility index (Phi) is 8.73. The first-order chi connectivity index (χ1) is 20.2. The third kappa shape index (κ3) is 5.09. The highest BCUT2D eigenvalue weighted by Gasteiger charge is 2.83. The van der Waals surface area contributed by atoms with Gasteiger partial charge in [0.25, 0.3) is 11.8 Å². The van der Waals surface area contributed by atoms with Crippen molar-refractivity contribution < 1.29 is 28.3 Å². The van der Waals surface area contributed by atoms with Gasteiger partial charge in [-0.3, -0.25) is 14.9 Å². The molecule has 44 heavy (non-hydrogen) atoms. The number of amides is 2. The Balaban J connectivity index is 1.58. The number of ether oxygens (including phenoxy) is 2. The molecule has 2 N–H and O–H groups in total. The molecule has 0 radical (unpaired) electrons. The molecule has 4 fully saturated rings. The highest BCUT2D eigenvalue weighted by atomic mass is 79.9. The summed E-state index contributed by atoms with van der Waals surface area (Å²) < 4.78 is 21.5. The van der Waals surface area contributed by atoms with E-state index in [-0.39, 0.29) is 41.4 Å². The van der Waals surface area contributed by atoms with E-state index >= 15 is 0 Å². The first kappa shape index (κ1) is 34.2. The minimum atomic E-state index is -2.31. The third-order valence-corrected chi connectivity index (χ3v) is 18.6. The second-order valence-corrected chi connectivity index (χ2v) is 27.4. The van der Waals surface area contributed by atoms with Crippen LogP contribution in [0.1, 0.15) is 37.7 Å². The number of likely N-dealkylation sites (tertiary alicyclic amines) is 1. The Hall–Kier alpha value is -1.15. The number of methoxy groups -OCH3 is 1. The van der Waals surface area contributed by atoms with Crippen molar-refractivity contribution in [3.8, 4) is 0 Å². The van der Waals surface area contributed by atoms with Crippen LogP contribution in [0.5, 0.6) is 0 Å². The average Bonchev–Trinajstić information content (AvgIpc) is 3.64. The van der Waals surface area contributed by atoms with E-state index < -0.39 is 45.4 Å². The lowest BCUT2D eigenvalue weighted by Crippen LogP contribution is -2.62. The van der Waals surface area contributed by atoms with Gasteiger partial charge < -0.3 is 23.4 Å². The molecule has 0 bridgehead atoms. The van der Waals surface area contributed by atoms with E-state index in [0.717, 1.165) is 6.04 Å². The number of hydrogen-bond acceptors (Lipinski definition) is 8. The van der Waals surface area contributed by atoms with Crippen molar-refractivity contribution in [2.45, 2.75) is 95.0 Å². The van der Waals surface area contributed by atoms with Crippen molar-refractivity contribution in [3.05, 3.63) is 20.8 Å². The summed E-state index contributed by atoms with van der Waals surface area (Å²) in [6.45, 7) is 18.6. The minimum Gasteiger partial charge on any atom is -0.468 e. The molecule has 0 unspecified atom stereocenters. The van der Waals surface area contributed by atoms with Crippen LogP contribution in [0, 0.1) is 11.8 Å². The zero-order valence-corrected chi connectivity index (χ0v) is 32.8. The van der Waals surface area contributed by atoms with E-state index in [1.807, 2.05) is 0 Å². The van der Waals surface area contributed by atoms with Gasteiger partial charge in [0.15, 0.2) is 13.4 Å². The molecular formula is C28H43Br2N5O6SSi2. The van der Waals surface area contributed by atoms with E-state index in [9.17, 15) is 14.4 Å². The van der Waals surface area contributed by atoms with Gasteiger partial charge in [0.1, 0.15) is 22.6 Å². The van der Waals surface area contributed by atoms with Gasteiger partial charge in [-0.1, -0.05) is 40.4 Å². The second-order valence-electron chi connectivity index (χ2n) is 15.0. The average molecular weight is 794 g/mol. The predicted octanol–water partition coefficient (Wildman–Crippen LogP) is 4.65. The van der Waals surface area contributed by atoms with E-state index in [0.29, 0.717) is 27.8 Å². The number of carbonyl (C=O) groups is 3. The number of carbonyl (C=O) groups excluding carboxylic acids is 3. The van der Waals surface area contributed by atoms with Gasteiger partial charge in [0.2, 0.25) is 5.66 Å². The topological polar surface area (TPSA) is 114 Å². The molecule has 11 nitrogen and oxygen atoms in total. The van der Waals surface area contributed by atoms with Gasteiger partial charge in [-0.2, -0.15) is 0 Å². The van der Waals surface area contributed by atoms with Crippen LogP contribution in [0.4, 0.5) is 0 Å². The summed E-state index contributed by atoms with van der Waals surface area (Å²) in [5, 5.41) is 4.30. The maximum Gasteiger partial charge on any atom is 0.328 e. The van der Waals surface area contributed by atoms with E-state index in [4.69, 9.17) is 26.1 Å². The van der Waals surface area contributed by atoms with Gasteiger partial charge >= 0.3 is 5.97 Å². The second kappa shape index (κ2) is 11.2. The highest BCUT2D eigenvalue weighted by molar-refractivity contribution is 9.13. The molecule has 2 amide bonds. The molecule has 4 heterocycles. The smallest absolute Gasteiger partial charge is 0.328 e. The number of hydrazine groups is 1. The number of thiocarbonyl (C=S) groups is 1. The fourth-order valence-corrected chi connectivity index (χ4v) is 10.1. The van der Waals surface area contributed by atoms with Crippen LogP contribution in [-0.4, -0.2) is 91.3 Å². The fraction of sp³-hybridized carbons (Fsp3) is 0.714. The van der Waals surface area contributed by atoms with Gasteiger partial charge in [-0.15, -0.1) is 0 Å². The Morgan fingerprint density at radius 3 is 2.43 bits per heavy atom. The van der Waals surface area contributed by atoms with Crippen molar-refractivity contribution in [1.82, 2.24) is 25.2 Å². The molecule has 1 aromatic rings. The minimum absolute atomic E-state index is 0.0877. The summed E-state index contributed by atoms with van der Waals surface area (Å²) in [4.78, 5) is 44.1. The van der Waals surface area contributed by atoms with Crippen molar-refractivity contribution >= 4 is 83.4 Å². The van der Waals surface area contributed by atoms with Gasteiger partial charge in [0, 0.05) is 39.5 Å². The molecule has 1 spiro atoms. The Morgan fingerprint density at radius 2 is 1.84 bits per heavy atom. The fourth-order valence-electron chi connectivity index (χ4n) is 6.86. The number of esters is 1. The lowest BCUT2D eigenvalue weighted by Gasteiger charge is -2.40.